The number of carbonyl (C=O) groups is 1. The van der Waals surface area contributed by atoms with Gasteiger partial charge in [0.1, 0.15) is 10.6 Å². The van der Waals surface area contributed by atoms with Crippen molar-refractivity contribution in [2.45, 2.75) is 32.2 Å². The highest BCUT2D eigenvalue weighted by molar-refractivity contribution is 7.10. The van der Waals surface area contributed by atoms with Gasteiger partial charge in [0.15, 0.2) is 0 Å². The third kappa shape index (κ3) is 2.93. The SMILES string of the molecule is CCOC(=O)c1c(C)nsc1NC1CC1c1ccccc1. The van der Waals surface area contributed by atoms with E-state index in [1.54, 1.807) is 0 Å². The largest absolute Gasteiger partial charge is 0.462 e. The van der Waals surface area contributed by atoms with Gasteiger partial charge in [-0.25, -0.2) is 4.79 Å². The van der Waals surface area contributed by atoms with Gasteiger partial charge in [0.25, 0.3) is 0 Å². The average Bonchev–Trinajstić information content (AvgIpc) is 3.16. The van der Waals surface area contributed by atoms with Crippen LogP contribution in [0.1, 0.15) is 40.9 Å². The smallest absolute Gasteiger partial charge is 0.343 e. The fourth-order valence-electron chi connectivity index (χ4n) is 2.50. The highest BCUT2D eigenvalue weighted by Crippen LogP contribution is 2.44. The number of aromatic nitrogens is 1. The first-order valence-electron chi connectivity index (χ1n) is 7.15. The first kappa shape index (κ1) is 14.1. The highest BCUT2D eigenvalue weighted by atomic mass is 32.1. The Kier molecular flexibility index (Phi) is 3.92. The minimum Gasteiger partial charge on any atom is -0.462 e. The van der Waals surface area contributed by atoms with Crippen LogP contribution in [0.5, 0.6) is 0 Å². The number of benzene rings is 1. The van der Waals surface area contributed by atoms with E-state index in [0.717, 1.165) is 17.1 Å². The zero-order chi connectivity index (χ0) is 14.8. The van der Waals surface area contributed by atoms with Crippen LogP contribution in [0.25, 0.3) is 0 Å². The Labute approximate surface area is 128 Å². The lowest BCUT2D eigenvalue weighted by Gasteiger charge is -2.07. The summed E-state index contributed by atoms with van der Waals surface area (Å²) in [6, 6.07) is 10.8. The summed E-state index contributed by atoms with van der Waals surface area (Å²) in [5.41, 5.74) is 2.66. The number of nitrogens with zero attached hydrogens (tertiary/aromatic N) is 1. The molecule has 0 bridgehead atoms. The summed E-state index contributed by atoms with van der Waals surface area (Å²) in [5.74, 6) is 0.229. The molecule has 0 radical (unpaired) electrons. The topological polar surface area (TPSA) is 51.2 Å². The fraction of sp³-hybridized carbons (Fsp3) is 0.375. The molecule has 2 unspecified atom stereocenters. The van der Waals surface area contributed by atoms with Crippen LogP contribution in [0.4, 0.5) is 5.00 Å². The van der Waals surface area contributed by atoms with Gasteiger partial charge in [-0.15, -0.1) is 0 Å². The van der Waals surface area contributed by atoms with Crippen molar-refractivity contribution in [2.75, 3.05) is 11.9 Å². The van der Waals surface area contributed by atoms with E-state index in [0.29, 0.717) is 24.1 Å². The maximum Gasteiger partial charge on any atom is 0.343 e. The minimum atomic E-state index is -0.289. The van der Waals surface area contributed by atoms with Crippen molar-refractivity contribution in [1.29, 1.82) is 0 Å². The summed E-state index contributed by atoms with van der Waals surface area (Å²) in [7, 11) is 0. The van der Waals surface area contributed by atoms with E-state index < -0.39 is 0 Å². The van der Waals surface area contributed by atoms with Crippen LogP contribution < -0.4 is 5.32 Å². The van der Waals surface area contributed by atoms with Crippen LogP contribution in [0.15, 0.2) is 30.3 Å². The van der Waals surface area contributed by atoms with Gasteiger partial charge in [-0.3, -0.25) is 0 Å². The van der Waals surface area contributed by atoms with Crippen molar-refractivity contribution >= 4 is 22.5 Å². The van der Waals surface area contributed by atoms with E-state index in [1.165, 1.54) is 17.1 Å². The number of anilines is 1. The molecular weight excluding hydrogens is 284 g/mol. The lowest BCUT2D eigenvalue weighted by atomic mass is 10.1. The molecule has 0 amide bonds. The number of ether oxygens (including phenoxy) is 1. The molecule has 2 atom stereocenters. The molecule has 1 N–H and O–H groups in total. The van der Waals surface area contributed by atoms with Gasteiger partial charge < -0.3 is 10.1 Å². The van der Waals surface area contributed by atoms with Crippen molar-refractivity contribution in [3.8, 4) is 0 Å². The summed E-state index contributed by atoms with van der Waals surface area (Å²) in [6.07, 6.45) is 1.09. The number of aryl methyl sites for hydroxylation is 1. The number of esters is 1. The van der Waals surface area contributed by atoms with Gasteiger partial charge in [-0.2, -0.15) is 4.37 Å². The number of rotatable bonds is 5. The Morgan fingerprint density at radius 2 is 2.19 bits per heavy atom. The zero-order valence-electron chi connectivity index (χ0n) is 12.1. The van der Waals surface area contributed by atoms with Crippen LogP contribution in [-0.2, 0) is 4.74 Å². The summed E-state index contributed by atoms with van der Waals surface area (Å²) >= 11 is 1.33. The second-order valence-electron chi connectivity index (χ2n) is 5.20. The Morgan fingerprint density at radius 3 is 2.90 bits per heavy atom. The van der Waals surface area contributed by atoms with Crippen LogP contribution in [0, 0.1) is 6.92 Å². The Bertz CT molecular complexity index is 639. The molecule has 1 heterocycles. The van der Waals surface area contributed by atoms with E-state index in [-0.39, 0.29) is 5.97 Å². The summed E-state index contributed by atoms with van der Waals surface area (Å²) in [4.78, 5) is 12.0. The number of carbonyl (C=O) groups excluding carboxylic acids is 1. The molecular formula is C16H18N2O2S. The van der Waals surface area contributed by atoms with Crippen molar-refractivity contribution in [2.24, 2.45) is 0 Å². The molecule has 0 saturated heterocycles. The molecule has 4 nitrogen and oxygen atoms in total. The summed E-state index contributed by atoms with van der Waals surface area (Å²) in [6.45, 7) is 4.03. The van der Waals surface area contributed by atoms with Gasteiger partial charge in [0, 0.05) is 12.0 Å². The highest BCUT2D eigenvalue weighted by Gasteiger charge is 2.39. The maximum absolute atomic E-state index is 12.0. The molecule has 1 fully saturated rings. The van der Waals surface area contributed by atoms with Crippen molar-refractivity contribution in [3.63, 3.8) is 0 Å². The Morgan fingerprint density at radius 1 is 1.43 bits per heavy atom. The van der Waals surface area contributed by atoms with Crippen LogP contribution >= 0.6 is 11.5 Å². The molecule has 1 aliphatic carbocycles. The molecule has 3 rings (SSSR count). The number of hydrogen-bond acceptors (Lipinski definition) is 5. The summed E-state index contributed by atoms with van der Waals surface area (Å²) in [5, 5.41) is 4.28. The van der Waals surface area contributed by atoms with E-state index in [2.05, 4.69) is 34.0 Å². The number of nitrogens with one attached hydrogen (secondary N) is 1. The lowest BCUT2D eigenvalue weighted by molar-refractivity contribution is 0.0527. The van der Waals surface area contributed by atoms with Gasteiger partial charge in [-0.05, 0) is 37.4 Å². The van der Waals surface area contributed by atoms with E-state index in [9.17, 15) is 4.79 Å². The van der Waals surface area contributed by atoms with Crippen molar-refractivity contribution in [3.05, 3.63) is 47.2 Å². The average molecular weight is 302 g/mol. The normalized spacial score (nSPS) is 20.1. The van der Waals surface area contributed by atoms with Gasteiger partial charge in [-0.1, -0.05) is 30.3 Å². The predicted molar refractivity (Wildman–Crippen MR) is 84.0 cm³/mol. The predicted octanol–water partition coefficient (Wildman–Crippen LogP) is 3.60. The van der Waals surface area contributed by atoms with Crippen LogP contribution in [-0.4, -0.2) is 23.0 Å². The third-order valence-electron chi connectivity index (χ3n) is 3.68. The second-order valence-corrected chi connectivity index (χ2v) is 5.97. The molecule has 2 aromatic rings. The molecule has 0 aliphatic heterocycles. The molecule has 1 saturated carbocycles. The van der Waals surface area contributed by atoms with Gasteiger partial charge in [0.05, 0.1) is 12.3 Å². The van der Waals surface area contributed by atoms with E-state index in [4.69, 9.17) is 4.74 Å². The lowest BCUT2D eigenvalue weighted by Crippen LogP contribution is -2.10. The van der Waals surface area contributed by atoms with Crippen molar-refractivity contribution in [1.82, 2.24) is 4.37 Å². The summed E-state index contributed by atoms with van der Waals surface area (Å²) < 4.78 is 9.39. The Hall–Kier alpha value is -1.88. The fourth-order valence-corrected chi connectivity index (χ4v) is 3.35. The molecule has 1 aromatic heterocycles. The molecule has 21 heavy (non-hydrogen) atoms. The maximum atomic E-state index is 12.0. The van der Waals surface area contributed by atoms with E-state index >= 15 is 0 Å². The van der Waals surface area contributed by atoms with Gasteiger partial charge in [0.2, 0.25) is 0 Å². The molecule has 1 aromatic carbocycles. The van der Waals surface area contributed by atoms with Gasteiger partial charge >= 0.3 is 5.97 Å². The monoisotopic (exact) mass is 302 g/mol. The minimum absolute atomic E-state index is 0.289. The first-order chi connectivity index (χ1) is 10.2. The van der Waals surface area contributed by atoms with Crippen LogP contribution in [0.2, 0.25) is 0 Å². The zero-order valence-corrected chi connectivity index (χ0v) is 12.9. The quantitative estimate of drug-likeness (QED) is 0.857. The van der Waals surface area contributed by atoms with Crippen molar-refractivity contribution < 1.29 is 9.53 Å². The molecule has 1 aliphatic rings. The van der Waals surface area contributed by atoms with E-state index in [1.807, 2.05) is 19.9 Å². The molecule has 0 spiro atoms. The number of hydrogen-bond donors (Lipinski definition) is 1. The third-order valence-corrected chi connectivity index (χ3v) is 4.55. The standard InChI is InChI=1S/C16H18N2O2S/c1-3-20-16(19)14-10(2)18-21-15(14)17-13-9-12(13)11-7-5-4-6-8-11/h4-8,12-13,17H,3,9H2,1-2H3. The first-order valence-corrected chi connectivity index (χ1v) is 7.93. The van der Waals surface area contributed by atoms with Crippen LogP contribution in [0.3, 0.4) is 0 Å². The molecule has 110 valence electrons. The molecule has 5 heteroatoms. The Balaban J connectivity index is 1.71. The second kappa shape index (κ2) is 5.85.